The van der Waals surface area contributed by atoms with Gasteiger partial charge in [0.05, 0.1) is 5.92 Å². The summed E-state index contributed by atoms with van der Waals surface area (Å²) in [6, 6.07) is 9.91. The van der Waals surface area contributed by atoms with E-state index in [0.29, 0.717) is 5.92 Å². The lowest BCUT2D eigenvalue weighted by molar-refractivity contribution is -0.114. The molecule has 0 saturated heterocycles. The van der Waals surface area contributed by atoms with E-state index in [4.69, 9.17) is 11.6 Å². The number of benzene rings is 1. The molecule has 0 amide bonds. The standard InChI is InChI=1S/C13H15ClO/c14-13(15)12(11-8-4-5-9-11)10-6-2-1-3-7-10/h1-3,6-7,11-12H,4-5,8-9H2/t12-/m1/s1. The molecule has 1 nitrogen and oxygen atoms in total. The molecule has 0 heterocycles. The van der Waals surface area contributed by atoms with Crippen LogP contribution in [0.15, 0.2) is 30.3 Å². The van der Waals surface area contributed by atoms with Crippen LogP contribution >= 0.6 is 11.6 Å². The van der Waals surface area contributed by atoms with Gasteiger partial charge >= 0.3 is 0 Å². The Morgan fingerprint density at radius 1 is 1.20 bits per heavy atom. The van der Waals surface area contributed by atoms with Crippen molar-refractivity contribution in [1.82, 2.24) is 0 Å². The zero-order valence-corrected chi connectivity index (χ0v) is 9.41. The first-order valence-electron chi connectivity index (χ1n) is 5.53. The second-order valence-corrected chi connectivity index (χ2v) is 4.61. The molecule has 1 aromatic carbocycles. The van der Waals surface area contributed by atoms with Crippen molar-refractivity contribution in [1.29, 1.82) is 0 Å². The van der Waals surface area contributed by atoms with E-state index in [9.17, 15) is 4.79 Å². The topological polar surface area (TPSA) is 17.1 Å². The summed E-state index contributed by atoms with van der Waals surface area (Å²) in [5, 5.41) is -0.201. The van der Waals surface area contributed by atoms with E-state index in [1.165, 1.54) is 12.8 Å². The Morgan fingerprint density at radius 3 is 2.33 bits per heavy atom. The molecule has 80 valence electrons. The number of carbonyl (C=O) groups excluding carboxylic acids is 1. The van der Waals surface area contributed by atoms with E-state index >= 15 is 0 Å². The Bertz CT molecular complexity index is 328. The summed E-state index contributed by atoms with van der Waals surface area (Å²) in [5.74, 6) is 0.368. The smallest absolute Gasteiger partial charge is 0.229 e. The van der Waals surface area contributed by atoms with Crippen LogP contribution < -0.4 is 0 Å². The van der Waals surface area contributed by atoms with Crippen LogP contribution in [0.4, 0.5) is 0 Å². The van der Waals surface area contributed by atoms with Gasteiger partial charge in [-0.05, 0) is 35.9 Å². The Kier molecular flexibility index (Phi) is 3.42. The fraction of sp³-hybridized carbons (Fsp3) is 0.462. The van der Waals surface area contributed by atoms with E-state index in [1.54, 1.807) is 0 Å². The van der Waals surface area contributed by atoms with Crippen molar-refractivity contribution in [2.45, 2.75) is 31.6 Å². The molecule has 15 heavy (non-hydrogen) atoms. The molecule has 2 heteroatoms. The predicted molar refractivity (Wildman–Crippen MR) is 62.0 cm³/mol. The number of rotatable bonds is 3. The molecule has 0 spiro atoms. The first-order valence-corrected chi connectivity index (χ1v) is 5.91. The third kappa shape index (κ3) is 2.40. The maximum atomic E-state index is 11.5. The van der Waals surface area contributed by atoms with Gasteiger partial charge in [0.25, 0.3) is 0 Å². The van der Waals surface area contributed by atoms with Gasteiger partial charge in [0.1, 0.15) is 0 Å². The molecule has 1 aliphatic rings. The molecule has 1 aromatic rings. The van der Waals surface area contributed by atoms with Gasteiger partial charge < -0.3 is 0 Å². The van der Waals surface area contributed by atoms with Crippen LogP contribution in [0.5, 0.6) is 0 Å². The average molecular weight is 223 g/mol. The summed E-state index contributed by atoms with van der Waals surface area (Å²) in [5.41, 5.74) is 1.07. The lowest BCUT2D eigenvalue weighted by Gasteiger charge is -2.19. The monoisotopic (exact) mass is 222 g/mol. The third-order valence-corrected chi connectivity index (χ3v) is 3.51. The maximum absolute atomic E-state index is 11.5. The van der Waals surface area contributed by atoms with E-state index in [1.807, 2.05) is 30.3 Å². The van der Waals surface area contributed by atoms with E-state index in [-0.39, 0.29) is 11.2 Å². The van der Waals surface area contributed by atoms with Crippen LogP contribution in [0.25, 0.3) is 0 Å². The highest BCUT2D eigenvalue weighted by Crippen LogP contribution is 2.38. The second kappa shape index (κ2) is 4.80. The molecule has 1 atom stereocenters. The van der Waals surface area contributed by atoms with Crippen molar-refractivity contribution in [2.24, 2.45) is 5.92 Å². The van der Waals surface area contributed by atoms with Crippen molar-refractivity contribution in [3.05, 3.63) is 35.9 Å². The second-order valence-electron chi connectivity index (χ2n) is 4.24. The minimum Gasteiger partial charge on any atom is -0.281 e. The molecule has 0 radical (unpaired) electrons. The molecule has 1 fully saturated rings. The molecular weight excluding hydrogens is 208 g/mol. The third-order valence-electron chi connectivity index (χ3n) is 3.27. The molecule has 1 saturated carbocycles. The summed E-state index contributed by atoms with van der Waals surface area (Å²) in [6.45, 7) is 0. The SMILES string of the molecule is O=C(Cl)[C@H](c1ccccc1)C1CCCC1. The summed E-state index contributed by atoms with van der Waals surface area (Å²) in [6.07, 6.45) is 4.74. The van der Waals surface area contributed by atoms with Gasteiger partial charge in [-0.1, -0.05) is 43.2 Å². The Hall–Kier alpha value is -0.820. The van der Waals surface area contributed by atoms with E-state index in [2.05, 4.69) is 0 Å². The summed E-state index contributed by atoms with van der Waals surface area (Å²) >= 11 is 5.72. The van der Waals surface area contributed by atoms with Gasteiger partial charge in [-0.3, -0.25) is 4.79 Å². The molecule has 1 aliphatic carbocycles. The van der Waals surface area contributed by atoms with Crippen molar-refractivity contribution < 1.29 is 4.79 Å². The van der Waals surface area contributed by atoms with Gasteiger partial charge in [-0.25, -0.2) is 0 Å². The molecule has 0 aliphatic heterocycles. The van der Waals surface area contributed by atoms with Gasteiger partial charge in [0.2, 0.25) is 5.24 Å². The van der Waals surface area contributed by atoms with Crippen LogP contribution in [0, 0.1) is 5.92 Å². The van der Waals surface area contributed by atoms with Gasteiger partial charge in [0, 0.05) is 0 Å². The fourth-order valence-electron chi connectivity index (χ4n) is 2.54. The maximum Gasteiger partial charge on any atom is 0.229 e. The van der Waals surface area contributed by atoms with Crippen molar-refractivity contribution >= 4 is 16.8 Å². The van der Waals surface area contributed by atoms with Crippen LogP contribution in [0.3, 0.4) is 0 Å². The zero-order chi connectivity index (χ0) is 10.7. The average Bonchev–Trinajstić information content (AvgIpc) is 2.72. The highest BCUT2D eigenvalue weighted by molar-refractivity contribution is 6.64. The number of hydrogen-bond acceptors (Lipinski definition) is 1. The molecule has 0 aromatic heterocycles. The number of hydrogen-bond donors (Lipinski definition) is 0. The Morgan fingerprint density at radius 2 is 1.80 bits per heavy atom. The predicted octanol–water partition coefficient (Wildman–Crippen LogP) is 3.73. The van der Waals surface area contributed by atoms with Crippen LogP contribution in [0.2, 0.25) is 0 Å². The Labute approximate surface area is 95.4 Å². The van der Waals surface area contributed by atoms with Gasteiger partial charge in [-0.2, -0.15) is 0 Å². The molecule has 0 bridgehead atoms. The van der Waals surface area contributed by atoms with Crippen LogP contribution in [0.1, 0.15) is 37.2 Å². The lowest BCUT2D eigenvalue weighted by atomic mass is 9.86. The zero-order valence-electron chi connectivity index (χ0n) is 8.66. The Balaban J connectivity index is 2.23. The minimum atomic E-state index is -0.201. The normalized spacial score (nSPS) is 19.0. The molecular formula is C13H15ClO. The summed E-state index contributed by atoms with van der Waals surface area (Å²) < 4.78 is 0. The highest BCUT2D eigenvalue weighted by atomic mass is 35.5. The molecule has 2 rings (SSSR count). The molecule has 0 N–H and O–H groups in total. The highest BCUT2D eigenvalue weighted by Gasteiger charge is 2.30. The first-order chi connectivity index (χ1) is 7.29. The van der Waals surface area contributed by atoms with Gasteiger partial charge in [-0.15, -0.1) is 0 Å². The quantitative estimate of drug-likeness (QED) is 0.713. The fourth-order valence-corrected chi connectivity index (χ4v) is 2.84. The van der Waals surface area contributed by atoms with Crippen LogP contribution in [-0.4, -0.2) is 5.24 Å². The minimum absolute atomic E-state index is 0.0876. The number of carbonyl (C=O) groups is 1. The first kappa shape index (κ1) is 10.7. The van der Waals surface area contributed by atoms with E-state index < -0.39 is 0 Å². The van der Waals surface area contributed by atoms with Crippen LogP contribution in [-0.2, 0) is 4.79 Å². The summed E-state index contributed by atoms with van der Waals surface area (Å²) in [4.78, 5) is 11.5. The number of halogens is 1. The van der Waals surface area contributed by atoms with Crippen molar-refractivity contribution in [2.75, 3.05) is 0 Å². The summed E-state index contributed by atoms with van der Waals surface area (Å²) in [7, 11) is 0. The van der Waals surface area contributed by atoms with Gasteiger partial charge in [0.15, 0.2) is 0 Å². The molecule has 0 unspecified atom stereocenters. The van der Waals surface area contributed by atoms with Crippen molar-refractivity contribution in [3.63, 3.8) is 0 Å². The van der Waals surface area contributed by atoms with E-state index in [0.717, 1.165) is 18.4 Å². The van der Waals surface area contributed by atoms with Crippen molar-refractivity contribution in [3.8, 4) is 0 Å². The largest absolute Gasteiger partial charge is 0.281 e. The lowest BCUT2D eigenvalue weighted by Crippen LogP contribution is -2.15.